The van der Waals surface area contributed by atoms with Gasteiger partial charge >= 0.3 is 6.18 Å². The lowest BCUT2D eigenvalue weighted by Gasteiger charge is -2.33. The summed E-state index contributed by atoms with van der Waals surface area (Å²) in [4.78, 5) is 7.83. The summed E-state index contributed by atoms with van der Waals surface area (Å²) in [6.45, 7) is -0.318. The average molecular weight is 432 g/mol. The molecule has 3 N–H and O–H groups in total. The molecule has 0 saturated carbocycles. The molecule has 3 aromatic rings. The number of hydrogen-bond donors (Lipinski definition) is 2. The second-order valence-electron chi connectivity index (χ2n) is 7.15. The van der Waals surface area contributed by atoms with E-state index in [1.165, 1.54) is 6.07 Å². The Morgan fingerprint density at radius 2 is 1.84 bits per heavy atom. The zero-order valence-electron chi connectivity index (χ0n) is 16.4. The highest BCUT2D eigenvalue weighted by atomic mass is 19.4. The van der Waals surface area contributed by atoms with E-state index in [1.54, 1.807) is 42.6 Å². The lowest BCUT2D eigenvalue weighted by Crippen LogP contribution is -2.42. The molecule has 0 aliphatic carbocycles. The molecule has 4 rings (SSSR count). The van der Waals surface area contributed by atoms with E-state index in [9.17, 15) is 17.6 Å². The van der Waals surface area contributed by atoms with Crippen molar-refractivity contribution in [1.82, 2.24) is 15.3 Å². The summed E-state index contributed by atoms with van der Waals surface area (Å²) >= 11 is 0. The number of alkyl halides is 4. The summed E-state index contributed by atoms with van der Waals surface area (Å²) in [5.41, 5.74) is 6.18. The summed E-state index contributed by atoms with van der Waals surface area (Å²) in [7, 11) is 0. The Balaban J connectivity index is 1.90. The van der Waals surface area contributed by atoms with Crippen LogP contribution in [0.5, 0.6) is 5.75 Å². The van der Waals surface area contributed by atoms with Crippen LogP contribution < -0.4 is 15.8 Å². The van der Waals surface area contributed by atoms with E-state index in [4.69, 9.17) is 10.5 Å². The van der Waals surface area contributed by atoms with Gasteiger partial charge in [-0.1, -0.05) is 18.2 Å². The summed E-state index contributed by atoms with van der Waals surface area (Å²) in [5, 5.41) is 3.24. The van der Waals surface area contributed by atoms with Crippen LogP contribution in [0.2, 0.25) is 0 Å². The minimum absolute atomic E-state index is 0.186. The second kappa shape index (κ2) is 8.24. The Kier molecular flexibility index (Phi) is 5.63. The van der Waals surface area contributed by atoms with Crippen LogP contribution >= 0.6 is 0 Å². The number of ether oxygens (including phenoxy) is 1. The fourth-order valence-electron chi connectivity index (χ4n) is 3.89. The van der Waals surface area contributed by atoms with Crippen molar-refractivity contribution in [2.24, 2.45) is 5.73 Å². The third-order valence-electron chi connectivity index (χ3n) is 5.21. The third-order valence-corrected chi connectivity index (χ3v) is 5.21. The highest BCUT2D eigenvalue weighted by Crippen LogP contribution is 2.45. The summed E-state index contributed by atoms with van der Waals surface area (Å²) in [6.07, 6.45) is -2.35. The van der Waals surface area contributed by atoms with Crippen molar-refractivity contribution in [2.45, 2.75) is 24.3 Å². The van der Waals surface area contributed by atoms with Gasteiger partial charge in [0.25, 0.3) is 0 Å². The first kappa shape index (κ1) is 21.2. The quantitative estimate of drug-likeness (QED) is 0.454. The van der Waals surface area contributed by atoms with Crippen LogP contribution in [-0.4, -0.2) is 23.2 Å². The van der Waals surface area contributed by atoms with Gasteiger partial charge in [0.15, 0.2) is 0 Å². The maximum Gasteiger partial charge on any atom is 0.433 e. The van der Waals surface area contributed by atoms with E-state index in [0.29, 0.717) is 28.1 Å². The summed E-state index contributed by atoms with van der Waals surface area (Å²) in [5.74, 6) is 0.475. The zero-order valence-corrected chi connectivity index (χ0v) is 16.4. The van der Waals surface area contributed by atoms with Crippen molar-refractivity contribution >= 4 is 0 Å². The highest BCUT2D eigenvalue weighted by Gasteiger charge is 2.47. The molecule has 0 amide bonds. The van der Waals surface area contributed by atoms with E-state index in [-0.39, 0.29) is 13.0 Å². The normalized spacial score (nSPS) is 20.5. The molecule has 0 radical (unpaired) electrons. The number of aromatic nitrogens is 2. The van der Waals surface area contributed by atoms with Gasteiger partial charge in [-0.3, -0.25) is 19.7 Å². The smallest absolute Gasteiger partial charge is 0.433 e. The molecule has 0 fully saturated rings. The molecule has 2 aromatic heterocycles. The number of nitrogens with one attached hydrogen (secondary N) is 1. The van der Waals surface area contributed by atoms with E-state index >= 15 is 0 Å². The molecule has 1 aromatic carbocycles. The number of nitrogens with zero attached hydrogens (tertiary/aromatic N) is 2. The average Bonchev–Trinajstić information content (AvgIpc) is 3.08. The fraction of sp³-hybridized carbons (Fsp3) is 0.273. The SMILES string of the molecule is NC1NC(c2cccc(OCCCF)c2)(c2ccnc(C(F)(F)F)c2)c2cccnc21. The van der Waals surface area contributed by atoms with Gasteiger partial charge in [-0.15, -0.1) is 0 Å². The third kappa shape index (κ3) is 3.86. The Morgan fingerprint density at radius 1 is 1.03 bits per heavy atom. The van der Waals surface area contributed by atoms with Gasteiger partial charge in [0, 0.05) is 24.4 Å². The van der Waals surface area contributed by atoms with Crippen molar-refractivity contribution in [3.63, 3.8) is 0 Å². The van der Waals surface area contributed by atoms with Gasteiger partial charge in [-0.2, -0.15) is 13.2 Å². The maximum atomic E-state index is 13.4. The number of halogens is 4. The van der Waals surface area contributed by atoms with Gasteiger partial charge in [0.05, 0.1) is 24.5 Å². The lowest BCUT2D eigenvalue weighted by molar-refractivity contribution is -0.141. The van der Waals surface area contributed by atoms with Gasteiger partial charge in [-0.25, -0.2) is 0 Å². The van der Waals surface area contributed by atoms with Gasteiger partial charge in [0.1, 0.15) is 17.6 Å². The highest BCUT2D eigenvalue weighted by molar-refractivity contribution is 5.56. The van der Waals surface area contributed by atoms with Gasteiger partial charge < -0.3 is 10.5 Å². The molecule has 2 unspecified atom stereocenters. The predicted octanol–water partition coefficient (Wildman–Crippen LogP) is 4.09. The molecule has 0 saturated heterocycles. The van der Waals surface area contributed by atoms with E-state index < -0.39 is 30.2 Å². The number of hydrogen-bond acceptors (Lipinski definition) is 5. The standard InChI is InChI=1S/C22H20F4N4O/c23-8-3-11-31-16-5-1-4-14(12-16)21(15-7-10-28-18(13-15)22(24,25)26)17-6-2-9-29-19(17)20(27)30-21/h1-2,4-7,9-10,12-13,20,30H,3,8,11,27H2. The molecule has 1 aliphatic heterocycles. The molecular weight excluding hydrogens is 412 g/mol. The van der Waals surface area contributed by atoms with E-state index in [2.05, 4.69) is 15.3 Å². The first-order valence-corrected chi connectivity index (χ1v) is 9.68. The molecule has 1 aliphatic rings. The van der Waals surface area contributed by atoms with Crippen LogP contribution in [0.25, 0.3) is 0 Å². The monoisotopic (exact) mass is 432 g/mol. The van der Waals surface area contributed by atoms with Crippen molar-refractivity contribution < 1.29 is 22.3 Å². The Bertz CT molecular complexity index is 1080. The topological polar surface area (TPSA) is 73.1 Å². The van der Waals surface area contributed by atoms with Gasteiger partial charge in [-0.05, 0) is 41.5 Å². The Labute approximate surface area is 176 Å². The largest absolute Gasteiger partial charge is 0.493 e. The van der Waals surface area contributed by atoms with Crippen LogP contribution in [0.3, 0.4) is 0 Å². The first-order valence-electron chi connectivity index (χ1n) is 9.68. The van der Waals surface area contributed by atoms with E-state index in [1.807, 2.05) is 0 Å². The Hall–Kier alpha value is -3.04. The number of rotatable bonds is 6. The number of fused-ring (bicyclic) bond motifs is 1. The fourth-order valence-corrected chi connectivity index (χ4v) is 3.89. The van der Waals surface area contributed by atoms with Crippen molar-refractivity contribution in [2.75, 3.05) is 13.3 Å². The molecule has 31 heavy (non-hydrogen) atoms. The minimum Gasteiger partial charge on any atom is -0.493 e. The minimum atomic E-state index is -4.60. The van der Waals surface area contributed by atoms with Gasteiger partial charge in [0.2, 0.25) is 0 Å². The Morgan fingerprint density at radius 3 is 2.61 bits per heavy atom. The first-order chi connectivity index (χ1) is 14.9. The second-order valence-corrected chi connectivity index (χ2v) is 7.15. The van der Waals surface area contributed by atoms with Crippen molar-refractivity contribution in [3.8, 4) is 5.75 Å². The van der Waals surface area contributed by atoms with Crippen LogP contribution in [0.15, 0.2) is 60.9 Å². The zero-order chi connectivity index (χ0) is 22.1. The number of pyridine rings is 2. The molecule has 0 bridgehead atoms. The molecule has 0 spiro atoms. The maximum absolute atomic E-state index is 13.4. The molecule has 3 heterocycles. The molecule has 162 valence electrons. The van der Waals surface area contributed by atoms with E-state index in [0.717, 1.165) is 12.3 Å². The molecule has 5 nitrogen and oxygen atoms in total. The van der Waals surface area contributed by atoms with Crippen LogP contribution in [-0.2, 0) is 11.7 Å². The van der Waals surface area contributed by atoms with Crippen LogP contribution in [0.4, 0.5) is 17.6 Å². The van der Waals surface area contributed by atoms with Crippen molar-refractivity contribution in [3.05, 3.63) is 89.0 Å². The van der Waals surface area contributed by atoms with Crippen molar-refractivity contribution in [1.29, 1.82) is 0 Å². The number of benzene rings is 1. The molecular formula is C22H20F4N4O. The summed E-state index contributed by atoms with van der Waals surface area (Å²) < 4.78 is 58.3. The number of nitrogens with two attached hydrogens (primary N) is 1. The van der Waals surface area contributed by atoms with Crippen LogP contribution in [0, 0.1) is 0 Å². The predicted molar refractivity (Wildman–Crippen MR) is 106 cm³/mol. The molecule has 2 atom stereocenters. The lowest BCUT2D eigenvalue weighted by atomic mass is 9.78. The molecule has 9 heteroatoms. The van der Waals surface area contributed by atoms with Crippen LogP contribution in [0.1, 0.15) is 40.7 Å². The summed E-state index contributed by atoms with van der Waals surface area (Å²) in [6, 6.07) is 13.0.